The molecule has 0 saturated carbocycles. The van der Waals surface area contributed by atoms with E-state index in [1.807, 2.05) is 24.3 Å². The summed E-state index contributed by atoms with van der Waals surface area (Å²) >= 11 is 0. The lowest BCUT2D eigenvalue weighted by Gasteiger charge is -2.45. The van der Waals surface area contributed by atoms with Gasteiger partial charge in [-0.25, -0.2) is 0 Å². The van der Waals surface area contributed by atoms with E-state index in [1.165, 1.54) is 22.3 Å². The van der Waals surface area contributed by atoms with Crippen LogP contribution in [0.25, 0.3) is 0 Å². The molecule has 0 aromatic heterocycles. The van der Waals surface area contributed by atoms with E-state index in [2.05, 4.69) is 24.3 Å². The SMILES string of the molecule is O=C(CS(=O)(=O)O)OCC1CC2c3ccccc3C1c1ccccc12. The van der Waals surface area contributed by atoms with Gasteiger partial charge in [0.05, 0.1) is 6.61 Å². The maximum atomic E-state index is 11.6. The molecule has 5 rings (SSSR count). The fourth-order valence-corrected chi connectivity index (χ4v) is 4.69. The molecule has 0 radical (unpaired) electrons. The van der Waals surface area contributed by atoms with Crippen molar-refractivity contribution in [1.29, 1.82) is 0 Å². The van der Waals surface area contributed by atoms with Crippen LogP contribution < -0.4 is 0 Å². The molecule has 0 saturated heterocycles. The first-order valence-electron chi connectivity index (χ1n) is 8.22. The summed E-state index contributed by atoms with van der Waals surface area (Å²) in [7, 11) is -4.36. The van der Waals surface area contributed by atoms with Crippen molar-refractivity contribution in [3.05, 3.63) is 70.8 Å². The molecule has 1 N–H and O–H groups in total. The van der Waals surface area contributed by atoms with E-state index in [9.17, 15) is 13.2 Å². The quantitative estimate of drug-likeness (QED) is 0.671. The molecule has 5 nitrogen and oxygen atoms in total. The van der Waals surface area contributed by atoms with E-state index in [1.54, 1.807) is 0 Å². The van der Waals surface area contributed by atoms with E-state index in [0.717, 1.165) is 6.42 Å². The summed E-state index contributed by atoms with van der Waals surface area (Å²) < 4.78 is 35.5. The predicted molar refractivity (Wildman–Crippen MR) is 92.1 cm³/mol. The first kappa shape index (κ1) is 16.3. The van der Waals surface area contributed by atoms with Gasteiger partial charge in [-0.15, -0.1) is 0 Å². The first-order valence-corrected chi connectivity index (χ1v) is 9.83. The van der Waals surface area contributed by atoms with Crippen LogP contribution in [0.3, 0.4) is 0 Å². The van der Waals surface area contributed by atoms with Gasteiger partial charge in [-0.05, 0) is 28.7 Å². The Kier molecular flexibility index (Phi) is 3.89. The lowest BCUT2D eigenvalue weighted by Crippen LogP contribution is -2.35. The highest BCUT2D eigenvalue weighted by Crippen LogP contribution is 2.55. The largest absolute Gasteiger partial charge is 0.465 e. The highest BCUT2D eigenvalue weighted by molar-refractivity contribution is 7.86. The molecule has 2 aromatic carbocycles. The van der Waals surface area contributed by atoms with Gasteiger partial charge >= 0.3 is 5.97 Å². The van der Waals surface area contributed by atoms with Crippen molar-refractivity contribution < 1.29 is 22.5 Å². The van der Waals surface area contributed by atoms with Crippen LogP contribution in [0.15, 0.2) is 48.5 Å². The second kappa shape index (κ2) is 5.97. The summed E-state index contributed by atoms with van der Waals surface area (Å²) in [4.78, 5) is 11.6. The molecule has 6 heteroatoms. The molecular weight excluding hydrogens is 340 g/mol. The minimum Gasteiger partial charge on any atom is -0.465 e. The average molecular weight is 358 g/mol. The standard InChI is InChI=1S/C19H18O5S/c20-18(11-25(21,22)23)24-10-12-9-17-13-5-1-3-7-15(13)19(12)16-8-4-2-6-14(16)17/h1-8,12,17,19H,9-11H2,(H,21,22,23). The van der Waals surface area contributed by atoms with Gasteiger partial charge in [0.15, 0.2) is 5.75 Å². The lowest BCUT2D eigenvalue weighted by molar-refractivity contribution is -0.142. The summed E-state index contributed by atoms with van der Waals surface area (Å²) in [5.41, 5.74) is 5.17. The van der Waals surface area contributed by atoms with Crippen LogP contribution >= 0.6 is 0 Å². The minimum absolute atomic E-state index is 0.0974. The number of ether oxygens (including phenoxy) is 1. The molecule has 130 valence electrons. The molecule has 0 fully saturated rings. The zero-order valence-corrected chi connectivity index (χ0v) is 14.3. The van der Waals surface area contributed by atoms with E-state index >= 15 is 0 Å². The van der Waals surface area contributed by atoms with E-state index < -0.39 is 21.8 Å². The summed E-state index contributed by atoms with van der Waals surface area (Å²) in [6, 6.07) is 16.7. The van der Waals surface area contributed by atoms with Crippen molar-refractivity contribution >= 4 is 16.1 Å². The second-order valence-corrected chi connectivity index (χ2v) is 8.15. The van der Waals surface area contributed by atoms with Crippen LogP contribution in [0.4, 0.5) is 0 Å². The first-order chi connectivity index (χ1) is 11.9. The third-order valence-corrected chi connectivity index (χ3v) is 5.78. The summed E-state index contributed by atoms with van der Waals surface area (Å²) in [6.45, 7) is 0.151. The molecule has 3 aliphatic carbocycles. The molecule has 2 bridgehead atoms. The van der Waals surface area contributed by atoms with E-state index in [4.69, 9.17) is 9.29 Å². The van der Waals surface area contributed by atoms with Crippen LogP contribution in [0.5, 0.6) is 0 Å². The summed E-state index contributed by atoms with van der Waals surface area (Å²) in [5.74, 6) is -1.41. The maximum Gasteiger partial charge on any atom is 0.323 e. The molecule has 0 spiro atoms. The Morgan fingerprint density at radius 1 is 1.00 bits per heavy atom. The highest BCUT2D eigenvalue weighted by atomic mass is 32.2. The molecule has 0 amide bonds. The zero-order valence-electron chi connectivity index (χ0n) is 13.5. The Balaban J connectivity index is 1.62. The van der Waals surface area contributed by atoms with Crippen LogP contribution in [-0.4, -0.2) is 31.3 Å². The molecule has 0 aliphatic heterocycles. The van der Waals surface area contributed by atoms with Crippen molar-refractivity contribution in [1.82, 2.24) is 0 Å². The van der Waals surface area contributed by atoms with Crippen LogP contribution in [0.2, 0.25) is 0 Å². The molecule has 1 unspecified atom stereocenters. The molecular formula is C19H18O5S. The van der Waals surface area contributed by atoms with Crippen molar-refractivity contribution in [3.8, 4) is 0 Å². The second-order valence-electron chi connectivity index (χ2n) is 6.69. The number of hydrogen-bond acceptors (Lipinski definition) is 4. The fourth-order valence-electron chi connectivity index (χ4n) is 4.31. The molecule has 0 heterocycles. The van der Waals surface area contributed by atoms with Crippen molar-refractivity contribution in [2.75, 3.05) is 12.4 Å². The topological polar surface area (TPSA) is 80.7 Å². The Morgan fingerprint density at radius 2 is 1.52 bits per heavy atom. The van der Waals surface area contributed by atoms with Crippen LogP contribution in [0, 0.1) is 5.92 Å². The summed E-state index contributed by atoms with van der Waals surface area (Å²) in [5, 5.41) is 0. The number of carbonyl (C=O) groups is 1. The maximum absolute atomic E-state index is 11.6. The number of fused-ring (bicyclic) bond motifs is 1. The van der Waals surface area contributed by atoms with Crippen molar-refractivity contribution in [2.24, 2.45) is 5.92 Å². The van der Waals surface area contributed by atoms with Gasteiger partial charge in [0.1, 0.15) is 0 Å². The molecule has 2 aromatic rings. The third kappa shape index (κ3) is 2.96. The monoisotopic (exact) mass is 358 g/mol. The Bertz CT molecular complexity index is 887. The summed E-state index contributed by atoms with van der Waals surface area (Å²) in [6.07, 6.45) is 0.859. The minimum atomic E-state index is -4.36. The molecule has 25 heavy (non-hydrogen) atoms. The number of rotatable bonds is 4. The molecule has 3 aliphatic rings. The van der Waals surface area contributed by atoms with Crippen molar-refractivity contribution in [3.63, 3.8) is 0 Å². The number of benzene rings is 2. The molecule has 1 atom stereocenters. The van der Waals surface area contributed by atoms with Gasteiger partial charge < -0.3 is 4.74 Å². The normalized spacial score (nSPS) is 23.6. The predicted octanol–water partition coefficient (Wildman–Crippen LogP) is 2.71. The Hall–Kier alpha value is -2.18. The zero-order chi connectivity index (χ0) is 17.6. The smallest absolute Gasteiger partial charge is 0.323 e. The third-order valence-electron chi connectivity index (χ3n) is 5.18. The van der Waals surface area contributed by atoms with E-state index in [0.29, 0.717) is 0 Å². The number of hydrogen-bond donors (Lipinski definition) is 1. The van der Waals surface area contributed by atoms with Crippen LogP contribution in [0.1, 0.15) is 40.5 Å². The van der Waals surface area contributed by atoms with Gasteiger partial charge in [0.2, 0.25) is 0 Å². The van der Waals surface area contributed by atoms with Gasteiger partial charge in [-0.1, -0.05) is 48.5 Å². The highest BCUT2D eigenvalue weighted by Gasteiger charge is 2.43. The lowest BCUT2D eigenvalue weighted by atomic mass is 9.59. The van der Waals surface area contributed by atoms with Gasteiger partial charge in [0, 0.05) is 17.8 Å². The van der Waals surface area contributed by atoms with E-state index in [-0.39, 0.29) is 24.4 Å². The number of carbonyl (C=O) groups excluding carboxylic acids is 1. The average Bonchev–Trinajstić information content (AvgIpc) is 2.59. The Labute approximate surface area is 146 Å². The van der Waals surface area contributed by atoms with Gasteiger partial charge in [0.25, 0.3) is 10.1 Å². The van der Waals surface area contributed by atoms with Crippen LogP contribution in [-0.2, 0) is 19.6 Å². The Morgan fingerprint density at radius 3 is 2.04 bits per heavy atom. The fraction of sp³-hybridized carbons (Fsp3) is 0.316. The van der Waals surface area contributed by atoms with Gasteiger partial charge in [-0.3, -0.25) is 9.35 Å². The number of esters is 1. The van der Waals surface area contributed by atoms with Gasteiger partial charge in [-0.2, -0.15) is 8.42 Å². The van der Waals surface area contributed by atoms with Crippen molar-refractivity contribution in [2.45, 2.75) is 18.3 Å².